The van der Waals surface area contributed by atoms with Crippen molar-refractivity contribution >= 4 is 17.9 Å². The fourth-order valence-corrected chi connectivity index (χ4v) is 6.57. The van der Waals surface area contributed by atoms with Crippen LogP contribution in [0.2, 0.25) is 0 Å². The van der Waals surface area contributed by atoms with E-state index >= 15 is 0 Å². The first-order valence-electron chi connectivity index (χ1n) is 12.9. The quantitative estimate of drug-likeness (QED) is 0.486. The van der Waals surface area contributed by atoms with Gasteiger partial charge >= 0.3 is 17.9 Å². The SMILES string of the molecule is CCN1CCN(CC(=O)O)C2CCCCC2N(CC(=O)O)CCN(CC(=O)O)C2CCCCC21. The molecule has 4 unspecified atom stereocenters. The van der Waals surface area contributed by atoms with E-state index in [1.807, 2.05) is 4.90 Å². The molecule has 1 aliphatic heterocycles. The fourth-order valence-electron chi connectivity index (χ4n) is 6.57. The Morgan fingerprint density at radius 3 is 1.09 bits per heavy atom. The molecule has 0 bridgehead atoms. The third-order valence-corrected chi connectivity index (χ3v) is 8.03. The molecule has 0 spiro atoms. The second-order valence-electron chi connectivity index (χ2n) is 10.1. The third-order valence-electron chi connectivity index (χ3n) is 8.03. The molecule has 3 rings (SSSR count). The number of carboxylic acids is 3. The van der Waals surface area contributed by atoms with Crippen LogP contribution in [0.15, 0.2) is 0 Å². The van der Waals surface area contributed by atoms with E-state index in [1.54, 1.807) is 0 Å². The highest BCUT2D eigenvalue weighted by atomic mass is 16.4. The predicted octanol–water partition coefficient (Wildman–Crippen LogP) is 1.10. The van der Waals surface area contributed by atoms with Gasteiger partial charge < -0.3 is 15.3 Å². The number of hydrogen-bond donors (Lipinski definition) is 3. The van der Waals surface area contributed by atoms with Crippen molar-refractivity contribution in [2.24, 2.45) is 0 Å². The van der Waals surface area contributed by atoms with Crippen LogP contribution in [-0.4, -0.2) is 129 Å². The molecule has 3 aliphatic rings. The molecular formula is C24H42N4O6. The molecule has 3 fully saturated rings. The Balaban J connectivity index is 1.97. The molecule has 34 heavy (non-hydrogen) atoms. The summed E-state index contributed by atoms with van der Waals surface area (Å²) < 4.78 is 0. The minimum absolute atomic E-state index is 0.0163. The van der Waals surface area contributed by atoms with Crippen molar-refractivity contribution < 1.29 is 29.7 Å². The monoisotopic (exact) mass is 482 g/mol. The third kappa shape index (κ3) is 7.13. The maximum atomic E-state index is 11.8. The minimum Gasteiger partial charge on any atom is -0.480 e. The van der Waals surface area contributed by atoms with Gasteiger partial charge in [-0.15, -0.1) is 0 Å². The highest BCUT2D eigenvalue weighted by molar-refractivity contribution is 5.70. The van der Waals surface area contributed by atoms with E-state index < -0.39 is 17.9 Å². The van der Waals surface area contributed by atoms with Gasteiger partial charge in [0.1, 0.15) is 0 Å². The van der Waals surface area contributed by atoms with Gasteiger partial charge in [0.15, 0.2) is 0 Å². The predicted molar refractivity (Wildman–Crippen MR) is 127 cm³/mol. The van der Waals surface area contributed by atoms with Crippen LogP contribution in [0.4, 0.5) is 0 Å². The summed E-state index contributed by atoms with van der Waals surface area (Å²) in [7, 11) is 0. The zero-order valence-electron chi connectivity index (χ0n) is 20.5. The molecule has 10 nitrogen and oxygen atoms in total. The smallest absolute Gasteiger partial charge is 0.317 e. The fraction of sp³-hybridized carbons (Fsp3) is 0.875. The molecule has 0 aromatic carbocycles. The van der Waals surface area contributed by atoms with Crippen LogP contribution in [0.5, 0.6) is 0 Å². The van der Waals surface area contributed by atoms with Crippen LogP contribution >= 0.6 is 0 Å². The van der Waals surface area contributed by atoms with Gasteiger partial charge in [-0.1, -0.05) is 32.6 Å². The van der Waals surface area contributed by atoms with Gasteiger partial charge in [-0.3, -0.25) is 34.0 Å². The Bertz CT molecular complexity index is 693. The molecule has 0 radical (unpaired) electrons. The van der Waals surface area contributed by atoms with Gasteiger partial charge in [0.05, 0.1) is 19.6 Å². The molecule has 2 saturated carbocycles. The lowest BCUT2D eigenvalue weighted by Crippen LogP contribution is -2.61. The number of carboxylic acid groups (broad SMARTS) is 3. The summed E-state index contributed by atoms with van der Waals surface area (Å²) >= 11 is 0. The van der Waals surface area contributed by atoms with Crippen LogP contribution in [0.25, 0.3) is 0 Å². The van der Waals surface area contributed by atoms with Gasteiger partial charge in [0, 0.05) is 50.3 Å². The average Bonchev–Trinajstić information content (AvgIpc) is 2.79. The summed E-state index contributed by atoms with van der Waals surface area (Å²) in [5.41, 5.74) is 0. The molecule has 0 aromatic heterocycles. The number of aliphatic carboxylic acids is 3. The normalized spacial score (nSPS) is 31.0. The number of likely N-dealkylation sites (N-methyl/N-ethyl adjacent to an activating group) is 1. The van der Waals surface area contributed by atoms with Crippen molar-refractivity contribution in [1.29, 1.82) is 0 Å². The van der Waals surface area contributed by atoms with Crippen LogP contribution in [0.3, 0.4) is 0 Å². The molecule has 194 valence electrons. The van der Waals surface area contributed by atoms with Gasteiger partial charge in [-0.05, 0) is 32.2 Å². The maximum absolute atomic E-state index is 11.8. The van der Waals surface area contributed by atoms with E-state index in [2.05, 4.69) is 21.6 Å². The van der Waals surface area contributed by atoms with E-state index in [9.17, 15) is 29.7 Å². The first-order chi connectivity index (χ1) is 16.3. The average molecular weight is 483 g/mol. The topological polar surface area (TPSA) is 125 Å². The summed E-state index contributed by atoms with van der Waals surface area (Å²) in [6, 6.07) is 0.259. The lowest BCUT2D eigenvalue weighted by molar-refractivity contribution is -0.143. The maximum Gasteiger partial charge on any atom is 0.317 e. The summed E-state index contributed by atoms with van der Waals surface area (Å²) in [5.74, 6) is -2.61. The van der Waals surface area contributed by atoms with Crippen LogP contribution in [0, 0.1) is 0 Å². The second kappa shape index (κ2) is 12.8. The zero-order valence-corrected chi connectivity index (χ0v) is 20.5. The Morgan fingerprint density at radius 2 is 0.824 bits per heavy atom. The van der Waals surface area contributed by atoms with Crippen LogP contribution < -0.4 is 0 Å². The van der Waals surface area contributed by atoms with Crippen molar-refractivity contribution in [2.75, 3.05) is 52.4 Å². The Kier molecular flexibility index (Phi) is 10.1. The number of fused-ring (bicyclic) bond motifs is 2. The molecule has 3 N–H and O–H groups in total. The van der Waals surface area contributed by atoms with E-state index in [-0.39, 0.29) is 43.8 Å². The largest absolute Gasteiger partial charge is 0.480 e. The highest BCUT2D eigenvalue weighted by Crippen LogP contribution is 2.31. The summed E-state index contributed by atoms with van der Waals surface area (Å²) in [5, 5.41) is 29.0. The molecule has 10 heteroatoms. The molecule has 1 heterocycles. The molecular weight excluding hydrogens is 440 g/mol. The van der Waals surface area contributed by atoms with Crippen LogP contribution in [0.1, 0.15) is 58.3 Å². The molecule has 1 saturated heterocycles. The molecule has 4 atom stereocenters. The molecule has 2 aliphatic carbocycles. The first-order valence-corrected chi connectivity index (χ1v) is 12.9. The number of nitrogens with zero attached hydrogens (tertiary/aromatic N) is 4. The highest BCUT2D eigenvalue weighted by Gasteiger charge is 2.39. The second-order valence-corrected chi connectivity index (χ2v) is 10.1. The summed E-state index contributed by atoms with van der Waals surface area (Å²) in [6.45, 7) is 5.08. The number of hydrogen-bond acceptors (Lipinski definition) is 7. The molecule has 0 aromatic rings. The lowest BCUT2D eigenvalue weighted by Gasteiger charge is -2.49. The zero-order chi connectivity index (χ0) is 24.7. The van der Waals surface area contributed by atoms with E-state index in [4.69, 9.17) is 0 Å². The number of rotatable bonds is 7. The Hall–Kier alpha value is -1.75. The minimum atomic E-state index is -0.904. The van der Waals surface area contributed by atoms with Crippen LogP contribution in [-0.2, 0) is 14.4 Å². The van der Waals surface area contributed by atoms with Crippen molar-refractivity contribution in [3.8, 4) is 0 Å². The van der Waals surface area contributed by atoms with Gasteiger partial charge in [-0.25, -0.2) is 0 Å². The van der Waals surface area contributed by atoms with Gasteiger partial charge in [0.25, 0.3) is 0 Å². The molecule has 0 amide bonds. The van der Waals surface area contributed by atoms with E-state index in [0.29, 0.717) is 19.6 Å². The summed E-state index contributed by atoms with van der Waals surface area (Å²) in [6.07, 6.45) is 7.77. The van der Waals surface area contributed by atoms with Crippen molar-refractivity contribution in [3.63, 3.8) is 0 Å². The van der Waals surface area contributed by atoms with Crippen molar-refractivity contribution in [1.82, 2.24) is 19.6 Å². The van der Waals surface area contributed by atoms with E-state index in [1.165, 1.54) is 0 Å². The Labute approximate surface area is 202 Å². The number of carbonyl (C=O) groups is 3. The lowest BCUT2D eigenvalue weighted by atomic mass is 9.86. The summed E-state index contributed by atoms with van der Waals surface area (Å²) in [4.78, 5) is 43.9. The Morgan fingerprint density at radius 1 is 0.559 bits per heavy atom. The van der Waals surface area contributed by atoms with E-state index in [0.717, 1.165) is 64.5 Å². The standard InChI is InChI=1S/C24H42N4O6/c1-2-25-11-12-26(15-22(29)30)20-9-5-6-10-21(20)28(17-24(33)34)14-13-27(16-23(31)32)19-8-4-3-7-18(19)25/h18-21H,2-17H2,1H3,(H,29,30)(H,31,32)(H,33,34). The van der Waals surface area contributed by atoms with Crippen molar-refractivity contribution in [2.45, 2.75) is 82.5 Å². The first kappa shape index (κ1) is 26.8. The van der Waals surface area contributed by atoms with Crippen molar-refractivity contribution in [3.05, 3.63) is 0 Å². The van der Waals surface area contributed by atoms with Gasteiger partial charge in [-0.2, -0.15) is 0 Å². The van der Waals surface area contributed by atoms with Gasteiger partial charge in [0.2, 0.25) is 0 Å².